The van der Waals surface area contributed by atoms with Crippen LogP contribution in [0.5, 0.6) is 0 Å². The Balaban J connectivity index is 2.44. The van der Waals surface area contributed by atoms with Gasteiger partial charge in [0.1, 0.15) is 24.4 Å². The SMILES string of the molecule is CS(=O)(=O)OC[C@H]1O[C@@H](O)[C@@H](NC(=O)c2ccccc2)[C@@H](OS(C)(=O)=O)[C@@H]1OS(C)(=O)=O. The molecule has 0 unspecified atom stereocenters. The first kappa shape index (κ1) is 26.6. The molecule has 0 spiro atoms. The molecule has 1 aliphatic heterocycles. The molecule has 1 fully saturated rings. The Labute approximate surface area is 186 Å². The molecular formula is C16H23NO12S3. The van der Waals surface area contributed by atoms with Crippen molar-refractivity contribution in [1.29, 1.82) is 0 Å². The van der Waals surface area contributed by atoms with Crippen molar-refractivity contribution >= 4 is 36.3 Å². The molecule has 1 aromatic rings. The molecule has 1 aliphatic rings. The van der Waals surface area contributed by atoms with E-state index in [2.05, 4.69) is 9.50 Å². The standard InChI is InChI=1S/C16H23NO12S3/c1-30(20,21)26-9-11-13(28-31(2,22)23)14(29-32(3,24)25)12(16(19)27-11)17-15(18)10-7-5-4-6-8-10/h4-8,11-14,16,19H,9H2,1-3H3,(H,17,18)/t11-,12+,13-,14-,16-/m1/s1. The minimum absolute atomic E-state index is 0.140. The van der Waals surface area contributed by atoms with Crippen LogP contribution in [0.1, 0.15) is 10.4 Å². The summed E-state index contributed by atoms with van der Waals surface area (Å²) in [4.78, 5) is 12.6. The van der Waals surface area contributed by atoms with E-state index >= 15 is 0 Å². The number of benzene rings is 1. The molecule has 1 saturated heterocycles. The third kappa shape index (κ3) is 8.36. The lowest BCUT2D eigenvalue weighted by molar-refractivity contribution is -0.239. The molecule has 1 aromatic carbocycles. The first-order valence-electron chi connectivity index (χ1n) is 8.86. The van der Waals surface area contributed by atoms with Crippen LogP contribution < -0.4 is 5.32 Å². The zero-order chi connectivity index (χ0) is 24.3. The number of aliphatic hydroxyl groups is 1. The summed E-state index contributed by atoms with van der Waals surface area (Å²) in [5, 5.41) is 12.8. The maximum Gasteiger partial charge on any atom is 0.264 e. The highest BCUT2D eigenvalue weighted by Gasteiger charge is 2.51. The van der Waals surface area contributed by atoms with Crippen molar-refractivity contribution in [2.45, 2.75) is 30.6 Å². The van der Waals surface area contributed by atoms with Crippen molar-refractivity contribution in [3.05, 3.63) is 35.9 Å². The van der Waals surface area contributed by atoms with Gasteiger partial charge in [-0.2, -0.15) is 25.3 Å². The second kappa shape index (κ2) is 10.1. The average molecular weight is 518 g/mol. The third-order valence-electron chi connectivity index (χ3n) is 4.02. The number of carbonyl (C=O) groups excluding carboxylic acids is 1. The monoisotopic (exact) mass is 517 g/mol. The number of hydrogen-bond donors (Lipinski definition) is 2. The molecule has 0 bridgehead atoms. The summed E-state index contributed by atoms with van der Waals surface area (Å²) in [6.45, 7) is -0.834. The molecule has 0 aliphatic carbocycles. The first-order valence-corrected chi connectivity index (χ1v) is 14.3. The van der Waals surface area contributed by atoms with E-state index < -0.39 is 73.5 Å². The van der Waals surface area contributed by atoms with E-state index in [1.807, 2.05) is 0 Å². The Morgan fingerprint density at radius 2 is 1.47 bits per heavy atom. The van der Waals surface area contributed by atoms with E-state index in [9.17, 15) is 35.2 Å². The predicted molar refractivity (Wildman–Crippen MR) is 109 cm³/mol. The van der Waals surface area contributed by atoms with Gasteiger partial charge in [-0.3, -0.25) is 17.3 Å². The fourth-order valence-electron chi connectivity index (χ4n) is 2.86. The lowest BCUT2D eigenvalue weighted by atomic mass is 9.96. The van der Waals surface area contributed by atoms with Crippen LogP contribution in [0.4, 0.5) is 0 Å². The Morgan fingerprint density at radius 3 is 1.97 bits per heavy atom. The molecule has 1 heterocycles. The van der Waals surface area contributed by atoms with Crippen molar-refractivity contribution < 1.29 is 52.4 Å². The van der Waals surface area contributed by atoms with Crippen LogP contribution in [0, 0.1) is 0 Å². The van der Waals surface area contributed by atoms with Gasteiger partial charge in [-0.05, 0) is 12.1 Å². The normalized spacial score (nSPS) is 27.1. The molecule has 182 valence electrons. The first-order chi connectivity index (χ1) is 14.6. The molecule has 0 radical (unpaired) electrons. The van der Waals surface area contributed by atoms with Gasteiger partial charge >= 0.3 is 0 Å². The largest absolute Gasteiger partial charge is 0.366 e. The Bertz CT molecular complexity index is 1120. The minimum Gasteiger partial charge on any atom is -0.366 e. The van der Waals surface area contributed by atoms with Crippen molar-refractivity contribution in [1.82, 2.24) is 5.32 Å². The van der Waals surface area contributed by atoms with E-state index in [1.54, 1.807) is 18.2 Å². The zero-order valence-electron chi connectivity index (χ0n) is 17.1. The maximum atomic E-state index is 12.6. The Morgan fingerprint density at radius 1 is 0.938 bits per heavy atom. The van der Waals surface area contributed by atoms with E-state index in [0.717, 1.165) is 0 Å². The molecule has 0 aromatic heterocycles. The number of rotatable bonds is 9. The number of nitrogens with one attached hydrogen (secondary N) is 1. The highest BCUT2D eigenvalue weighted by atomic mass is 32.2. The number of ether oxygens (including phenoxy) is 1. The molecular weight excluding hydrogens is 494 g/mol. The van der Waals surface area contributed by atoms with Gasteiger partial charge < -0.3 is 15.2 Å². The number of amides is 1. The quantitative estimate of drug-likeness (QED) is 0.349. The molecule has 16 heteroatoms. The highest BCUT2D eigenvalue weighted by molar-refractivity contribution is 7.86. The second-order valence-electron chi connectivity index (χ2n) is 6.95. The van der Waals surface area contributed by atoms with Crippen LogP contribution in [0.2, 0.25) is 0 Å². The fourth-order valence-corrected chi connectivity index (χ4v) is 4.51. The van der Waals surface area contributed by atoms with Crippen molar-refractivity contribution in [2.75, 3.05) is 25.4 Å². The number of carbonyl (C=O) groups is 1. The van der Waals surface area contributed by atoms with Crippen molar-refractivity contribution in [2.24, 2.45) is 0 Å². The van der Waals surface area contributed by atoms with Crippen molar-refractivity contribution in [3.63, 3.8) is 0 Å². The summed E-state index contributed by atoms with van der Waals surface area (Å²) in [6.07, 6.45) is -5.17. The summed E-state index contributed by atoms with van der Waals surface area (Å²) in [7, 11) is -12.6. The van der Waals surface area contributed by atoms with Gasteiger partial charge in [0, 0.05) is 5.56 Å². The molecule has 32 heavy (non-hydrogen) atoms. The molecule has 1 amide bonds. The predicted octanol–water partition coefficient (Wildman–Crippen LogP) is -1.83. The van der Waals surface area contributed by atoms with Crippen LogP contribution >= 0.6 is 0 Å². The number of aliphatic hydroxyl groups excluding tert-OH is 1. The van der Waals surface area contributed by atoms with Gasteiger partial charge in [-0.15, -0.1) is 0 Å². The molecule has 2 rings (SSSR count). The van der Waals surface area contributed by atoms with Gasteiger partial charge in [-0.1, -0.05) is 18.2 Å². The lowest BCUT2D eigenvalue weighted by Gasteiger charge is -2.43. The third-order valence-corrected chi connectivity index (χ3v) is 5.73. The number of hydrogen-bond acceptors (Lipinski definition) is 12. The van der Waals surface area contributed by atoms with E-state index in [0.29, 0.717) is 18.8 Å². The Kier molecular flexibility index (Phi) is 8.38. The second-order valence-corrected chi connectivity index (χ2v) is 11.8. The lowest BCUT2D eigenvalue weighted by Crippen LogP contribution is -2.66. The van der Waals surface area contributed by atoms with E-state index in [-0.39, 0.29) is 5.56 Å². The molecule has 5 atom stereocenters. The summed E-state index contributed by atoms with van der Waals surface area (Å²) < 4.78 is 89.6. The smallest absolute Gasteiger partial charge is 0.264 e. The van der Waals surface area contributed by atoms with Crippen LogP contribution in [0.15, 0.2) is 30.3 Å². The zero-order valence-corrected chi connectivity index (χ0v) is 19.6. The summed E-state index contributed by atoms with van der Waals surface area (Å²) >= 11 is 0. The Hall–Kier alpha value is -1.66. The summed E-state index contributed by atoms with van der Waals surface area (Å²) in [5.74, 6) is -0.760. The molecule has 13 nitrogen and oxygen atoms in total. The van der Waals surface area contributed by atoms with Crippen LogP contribution in [-0.4, -0.2) is 92.3 Å². The van der Waals surface area contributed by atoms with Crippen LogP contribution in [0.3, 0.4) is 0 Å². The van der Waals surface area contributed by atoms with Gasteiger partial charge in [0.2, 0.25) is 0 Å². The van der Waals surface area contributed by atoms with Gasteiger partial charge in [0.15, 0.2) is 6.29 Å². The van der Waals surface area contributed by atoms with Gasteiger partial charge in [0.25, 0.3) is 36.3 Å². The molecule has 0 saturated carbocycles. The van der Waals surface area contributed by atoms with Crippen LogP contribution in [0.25, 0.3) is 0 Å². The fraction of sp³-hybridized carbons (Fsp3) is 0.562. The highest BCUT2D eigenvalue weighted by Crippen LogP contribution is 2.28. The van der Waals surface area contributed by atoms with E-state index in [4.69, 9.17) is 13.1 Å². The topological polar surface area (TPSA) is 189 Å². The van der Waals surface area contributed by atoms with Gasteiger partial charge in [0.05, 0.1) is 25.4 Å². The van der Waals surface area contributed by atoms with Gasteiger partial charge in [-0.25, -0.2) is 0 Å². The maximum absolute atomic E-state index is 12.6. The van der Waals surface area contributed by atoms with E-state index in [1.165, 1.54) is 12.1 Å². The molecule has 2 N–H and O–H groups in total. The minimum atomic E-state index is -4.29. The van der Waals surface area contributed by atoms with Crippen LogP contribution in [-0.2, 0) is 47.6 Å². The summed E-state index contributed by atoms with van der Waals surface area (Å²) in [5.41, 5.74) is 0.140. The van der Waals surface area contributed by atoms with Crippen molar-refractivity contribution in [3.8, 4) is 0 Å². The summed E-state index contributed by atoms with van der Waals surface area (Å²) in [6, 6.07) is 6.00. The average Bonchev–Trinajstić information content (AvgIpc) is 2.63.